The summed E-state index contributed by atoms with van der Waals surface area (Å²) in [6.45, 7) is 0.713. The lowest BCUT2D eigenvalue weighted by Crippen LogP contribution is -2.19. The van der Waals surface area contributed by atoms with Crippen molar-refractivity contribution in [3.05, 3.63) is 10.5 Å². The van der Waals surface area contributed by atoms with Crippen LogP contribution in [-0.2, 0) is 0 Å². The van der Waals surface area contributed by atoms with Crippen molar-refractivity contribution < 1.29 is 0 Å². The Labute approximate surface area is 79.6 Å². The maximum absolute atomic E-state index is 11.1. The molecule has 0 atom stereocenters. The highest BCUT2D eigenvalue weighted by Crippen LogP contribution is 2.32. The van der Waals surface area contributed by atoms with Gasteiger partial charge in [0.1, 0.15) is 16.5 Å². The van der Waals surface area contributed by atoms with Crippen LogP contribution in [0.2, 0.25) is 0 Å². The summed E-state index contributed by atoms with van der Waals surface area (Å²) in [5, 5.41) is 3.92. The molecule has 0 bridgehead atoms. The van der Waals surface area contributed by atoms with Crippen molar-refractivity contribution in [2.24, 2.45) is 0 Å². The zero-order valence-corrected chi connectivity index (χ0v) is 8.23. The van der Waals surface area contributed by atoms with Gasteiger partial charge in [0, 0.05) is 7.05 Å². The van der Waals surface area contributed by atoms with Crippen LogP contribution in [0.3, 0.4) is 0 Å². The third-order valence-electron chi connectivity index (χ3n) is 1.95. The average Bonchev–Trinajstić information content (AvgIpc) is 2.47. The number of aromatic amines is 1. The molecule has 0 fully saturated rings. The molecule has 0 aromatic carbocycles. The molecule has 0 amide bonds. The number of nitrogens with zero attached hydrogens (tertiary/aromatic N) is 2. The largest absolute Gasteiger partial charge is 0.363 e. The lowest BCUT2D eigenvalue weighted by Gasteiger charge is -2.08. The second-order valence-electron chi connectivity index (χ2n) is 2.81. The number of thioether (sulfide) groups is 1. The molecular weight excluding hydrogens is 188 g/mol. The lowest BCUT2D eigenvalue weighted by atomic mass is 10.5. The fourth-order valence-corrected chi connectivity index (χ4v) is 1.86. The number of aromatic nitrogens is 2. The van der Waals surface area contributed by atoms with Crippen molar-refractivity contribution in [2.75, 3.05) is 30.2 Å². The van der Waals surface area contributed by atoms with E-state index in [1.807, 2.05) is 18.2 Å². The summed E-state index contributed by atoms with van der Waals surface area (Å²) < 4.78 is 0. The van der Waals surface area contributed by atoms with E-state index in [2.05, 4.69) is 15.3 Å². The predicted octanol–water partition coefficient (Wildman–Crippen LogP) is 0.311. The van der Waals surface area contributed by atoms with E-state index in [1.54, 1.807) is 0 Å². The van der Waals surface area contributed by atoms with E-state index in [9.17, 15) is 4.79 Å². The molecule has 70 valence electrons. The Morgan fingerprint density at radius 3 is 3.08 bits per heavy atom. The SMILES string of the molecule is CSc1nc(=O)[nH]c2c1NCN2C. The van der Waals surface area contributed by atoms with Gasteiger partial charge in [0.05, 0.1) is 6.67 Å². The number of anilines is 2. The van der Waals surface area contributed by atoms with E-state index in [-0.39, 0.29) is 5.69 Å². The molecule has 6 heteroatoms. The molecule has 1 aliphatic rings. The van der Waals surface area contributed by atoms with E-state index in [0.717, 1.165) is 16.5 Å². The molecule has 0 saturated heterocycles. The summed E-state index contributed by atoms with van der Waals surface area (Å²) in [6.07, 6.45) is 1.90. The van der Waals surface area contributed by atoms with E-state index in [0.29, 0.717) is 6.67 Å². The standard InChI is InChI=1S/C7H10N4OS/c1-11-3-8-4-5(11)9-7(12)10-6(4)13-2/h8H,3H2,1-2H3,(H,9,10,12). The predicted molar refractivity (Wildman–Crippen MR) is 53.5 cm³/mol. The number of hydrogen-bond donors (Lipinski definition) is 2. The normalized spacial score (nSPS) is 14.2. The molecule has 0 saturated carbocycles. The van der Waals surface area contributed by atoms with Gasteiger partial charge >= 0.3 is 5.69 Å². The highest BCUT2D eigenvalue weighted by molar-refractivity contribution is 7.98. The van der Waals surface area contributed by atoms with Crippen molar-refractivity contribution in [1.29, 1.82) is 0 Å². The monoisotopic (exact) mass is 198 g/mol. The Kier molecular flexibility index (Phi) is 1.91. The maximum atomic E-state index is 11.1. The van der Waals surface area contributed by atoms with Crippen molar-refractivity contribution in [3.8, 4) is 0 Å². The third-order valence-corrected chi connectivity index (χ3v) is 2.63. The number of H-pyrrole nitrogens is 1. The number of hydrogen-bond acceptors (Lipinski definition) is 5. The number of fused-ring (bicyclic) bond motifs is 1. The van der Waals surface area contributed by atoms with Crippen LogP contribution in [0.25, 0.3) is 0 Å². The molecule has 1 aromatic heterocycles. The molecule has 2 rings (SSSR count). The fourth-order valence-electron chi connectivity index (χ4n) is 1.31. The zero-order valence-electron chi connectivity index (χ0n) is 7.42. The van der Waals surface area contributed by atoms with Gasteiger partial charge in [-0.3, -0.25) is 4.98 Å². The molecule has 0 aliphatic carbocycles. The van der Waals surface area contributed by atoms with Crippen molar-refractivity contribution in [3.63, 3.8) is 0 Å². The van der Waals surface area contributed by atoms with Gasteiger partial charge in [0.25, 0.3) is 0 Å². The Morgan fingerprint density at radius 2 is 2.38 bits per heavy atom. The molecule has 1 aromatic rings. The smallest absolute Gasteiger partial charge is 0.347 e. The van der Waals surface area contributed by atoms with Gasteiger partial charge < -0.3 is 10.2 Å². The van der Waals surface area contributed by atoms with Gasteiger partial charge in [-0.25, -0.2) is 4.79 Å². The summed E-state index contributed by atoms with van der Waals surface area (Å²) in [6, 6.07) is 0. The summed E-state index contributed by atoms with van der Waals surface area (Å²) in [4.78, 5) is 19.6. The van der Waals surface area contributed by atoms with Crippen LogP contribution in [0.4, 0.5) is 11.5 Å². The molecule has 2 heterocycles. The molecule has 0 unspecified atom stereocenters. The topological polar surface area (TPSA) is 61.0 Å². The minimum atomic E-state index is -0.293. The summed E-state index contributed by atoms with van der Waals surface area (Å²) in [5.41, 5.74) is 0.633. The molecule has 0 radical (unpaired) electrons. The summed E-state index contributed by atoms with van der Waals surface area (Å²) in [7, 11) is 1.92. The maximum Gasteiger partial charge on any atom is 0.347 e. The fraction of sp³-hybridized carbons (Fsp3) is 0.429. The summed E-state index contributed by atoms with van der Waals surface area (Å²) >= 11 is 1.47. The third kappa shape index (κ3) is 1.27. The van der Waals surface area contributed by atoms with Gasteiger partial charge in [0.15, 0.2) is 0 Å². The zero-order chi connectivity index (χ0) is 9.42. The van der Waals surface area contributed by atoms with Crippen LogP contribution in [0.15, 0.2) is 9.82 Å². The van der Waals surface area contributed by atoms with Crippen LogP contribution < -0.4 is 15.9 Å². The van der Waals surface area contributed by atoms with Gasteiger partial charge in [-0.1, -0.05) is 0 Å². The Bertz CT molecular complexity index is 389. The average molecular weight is 198 g/mol. The van der Waals surface area contributed by atoms with Crippen LogP contribution >= 0.6 is 11.8 Å². The number of rotatable bonds is 1. The molecule has 0 spiro atoms. The van der Waals surface area contributed by atoms with Gasteiger partial charge in [-0.05, 0) is 6.26 Å². The second-order valence-corrected chi connectivity index (χ2v) is 3.60. The summed E-state index contributed by atoms with van der Waals surface area (Å²) in [5.74, 6) is 0.823. The van der Waals surface area contributed by atoms with E-state index in [1.165, 1.54) is 11.8 Å². The first-order valence-corrected chi connectivity index (χ1v) is 5.08. The van der Waals surface area contributed by atoms with Crippen molar-refractivity contribution in [1.82, 2.24) is 9.97 Å². The molecule has 5 nitrogen and oxygen atoms in total. The molecule has 13 heavy (non-hydrogen) atoms. The van der Waals surface area contributed by atoms with Crippen LogP contribution in [-0.4, -0.2) is 29.9 Å². The molecular formula is C7H10N4OS. The van der Waals surface area contributed by atoms with E-state index < -0.39 is 0 Å². The second kappa shape index (κ2) is 2.95. The quantitative estimate of drug-likeness (QED) is 0.502. The van der Waals surface area contributed by atoms with Crippen LogP contribution in [0.1, 0.15) is 0 Å². The van der Waals surface area contributed by atoms with Gasteiger partial charge in [0.2, 0.25) is 0 Å². The number of nitrogens with one attached hydrogen (secondary N) is 2. The van der Waals surface area contributed by atoms with Crippen molar-refractivity contribution >= 4 is 23.3 Å². The van der Waals surface area contributed by atoms with Crippen LogP contribution in [0.5, 0.6) is 0 Å². The van der Waals surface area contributed by atoms with Gasteiger partial charge in [-0.2, -0.15) is 4.98 Å². The Morgan fingerprint density at radius 1 is 1.62 bits per heavy atom. The first-order chi connectivity index (χ1) is 6.22. The first kappa shape index (κ1) is 8.43. The van der Waals surface area contributed by atoms with Crippen molar-refractivity contribution in [2.45, 2.75) is 5.03 Å². The Balaban J connectivity index is 2.63. The van der Waals surface area contributed by atoms with Crippen LogP contribution in [0, 0.1) is 0 Å². The highest BCUT2D eigenvalue weighted by atomic mass is 32.2. The van der Waals surface area contributed by atoms with E-state index in [4.69, 9.17) is 0 Å². The first-order valence-electron chi connectivity index (χ1n) is 3.85. The molecule has 1 aliphatic heterocycles. The lowest BCUT2D eigenvalue weighted by molar-refractivity contribution is 0.960. The Hall–Kier alpha value is -1.17. The minimum Gasteiger partial charge on any atom is -0.363 e. The highest BCUT2D eigenvalue weighted by Gasteiger charge is 2.20. The molecule has 2 N–H and O–H groups in total. The van der Waals surface area contributed by atoms with E-state index >= 15 is 0 Å². The van der Waals surface area contributed by atoms with Gasteiger partial charge in [-0.15, -0.1) is 11.8 Å². The minimum absolute atomic E-state index is 0.293.